The maximum Gasteiger partial charge on any atom is 0.159 e. The number of aryl methyl sites for hydroxylation is 1. The normalized spacial score (nSPS) is 9.41. The van der Waals surface area contributed by atoms with Gasteiger partial charge in [-0.2, -0.15) is 10.5 Å². The highest BCUT2D eigenvalue weighted by Gasteiger charge is 2.08. The molecule has 0 aliphatic rings. The first kappa shape index (κ1) is 15.7. The molecule has 108 valence electrons. The van der Waals surface area contributed by atoms with Crippen molar-refractivity contribution in [2.45, 2.75) is 12.7 Å². The lowest BCUT2D eigenvalue weighted by Gasteiger charge is -2.11. The fraction of sp³-hybridized carbons (Fsp3) is 0.111. The minimum Gasteiger partial charge on any atom is -0.349 e. The summed E-state index contributed by atoms with van der Waals surface area (Å²) in [6, 6.07) is 21.6. The highest BCUT2D eigenvalue weighted by Crippen LogP contribution is 2.26. The summed E-state index contributed by atoms with van der Waals surface area (Å²) in [5.74, 6) is 0.698. The molecule has 0 saturated carbocycles. The molecule has 0 bridgehead atoms. The monoisotopic (exact) mass is 305 g/mol. The minimum absolute atomic E-state index is 0.0986. The van der Waals surface area contributed by atoms with Crippen LogP contribution in [0, 0.1) is 29.6 Å². The van der Waals surface area contributed by atoms with Gasteiger partial charge in [0.25, 0.3) is 0 Å². The first-order valence-electron chi connectivity index (χ1n) is 6.78. The SMILES string of the molecule is Cc1cccc(CSC(Nc2ccccc2)=C(C#N)C#N)c1. The number of hydrogen-bond donors (Lipinski definition) is 1. The molecule has 0 radical (unpaired) electrons. The van der Waals surface area contributed by atoms with E-state index in [9.17, 15) is 0 Å². The second-order valence-corrected chi connectivity index (χ2v) is 5.68. The van der Waals surface area contributed by atoms with E-state index in [1.54, 1.807) is 0 Å². The fourth-order valence-electron chi connectivity index (χ4n) is 1.91. The van der Waals surface area contributed by atoms with Crippen LogP contribution >= 0.6 is 11.8 Å². The Balaban J connectivity index is 2.18. The Bertz CT molecular complexity index is 736. The molecule has 4 heteroatoms. The zero-order valence-corrected chi connectivity index (χ0v) is 13.0. The minimum atomic E-state index is 0.0986. The molecular formula is C18H15N3S. The summed E-state index contributed by atoms with van der Waals surface area (Å²) in [5.41, 5.74) is 3.31. The van der Waals surface area contributed by atoms with E-state index in [2.05, 4.69) is 11.4 Å². The summed E-state index contributed by atoms with van der Waals surface area (Å²) >= 11 is 1.46. The number of anilines is 1. The lowest BCUT2D eigenvalue weighted by Crippen LogP contribution is -2.00. The van der Waals surface area contributed by atoms with Crippen molar-refractivity contribution in [3.05, 3.63) is 76.3 Å². The lowest BCUT2D eigenvalue weighted by molar-refractivity contribution is 1.35. The first-order valence-corrected chi connectivity index (χ1v) is 7.76. The molecule has 0 aromatic heterocycles. The molecule has 0 fully saturated rings. The standard InChI is InChI=1S/C18H15N3S/c1-14-6-5-7-15(10-14)13-22-18(16(11-19)12-20)21-17-8-3-2-4-9-17/h2-10,21H,13H2,1H3. The second kappa shape index (κ2) is 7.93. The van der Waals surface area contributed by atoms with Crippen molar-refractivity contribution in [3.8, 4) is 12.1 Å². The molecule has 3 nitrogen and oxygen atoms in total. The van der Waals surface area contributed by atoms with Gasteiger partial charge in [-0.1, -0.05) is 48.0 Å². The number of nitrogens with one attached hydrogen (secondary N) is 1. The molecule has 0 heterocycles. The second-order valence-electron chi connectivity index (χ2n) is 4.70. The van der Waals surface area contributed by atoms with Crippen molar-refractivity contribution in [1.82, 2.24) is 0 Å². The largest absolute Gasteiger partial charge is 0.349 e. The smallest absolute Gasteiger partial charge is 0.159 e. The average molecular weight is 305 g/mol. The van der Waals surface area contributed by atoms with Crippen LogP contribution in [-0.2, 0) is 5.75 Å². The summed E-state index contributed by atoms with van der Waals surface area (Å²) in [5, 5.41) is 22.0. The number of benzene rings is 2. The van der Waals surface area contributed by atoms with Crippen LogP contribution in [0.25, 0.3) is 0 Å². The van der Waals surface area contributed by atoms with Gasteiger partial charge in [-0.3, -0.25) is 0 Å². The maximum absolute atomic E-state index is 9.13. The molecule has 0 spiro atoms. The van der Waals surface area contributed by atoms with Gasteiger partial charge in [0.2, 0.25) is 0 Å². The first-order chi connectivity index (χ1) is 10.7. The van der Waals surface area contributed by atoms with E-state index in [1.807, 2.05) is 67.6 Å². The Morgan fingerprint density at radius 3 is 2.41 bits per heavy atom. The van der Waals surface area contributed by atoms with E-state index in [-0.39, 0.29) is 5.57 Å². The van der Waals surface area contributed by atoms with Gasteiger partial charge in [-0.25, -0.2) is 0 Å². The molecule has 2 aromatic rings. The van der Waals surface area contributed by atoms with Crippen LogP contribution in [0.2, 0.25) is 0 Å². The van der Waals surface area contributed by atoms with Crippen LogP contribution < -0.4 is 5.32 Å². The predicted octanol–water partition coefficient (Wildman–Crippen LogP) is 4.60. The van der Waals surface area contributed by atoms with E-state index in [1.165, 1.54) is 17.3 Å². The van der Waals surface area contributed by atoms with Gasteiger partial charge >= 0.3 is 0 Å². The highest BCUT2D eigenvalue weighted by molar-refractivity contribution is 8.02. The molecular weight excluding hydrogens is 290 g/mol. The molecule has 0 unspecified atom stereocenters. The topological polar surface area (TPSA) is 59.6 Å². The van der Waals surface area contributed by atoms with Crippen LogP contribution in [0.3, 0.4) is 0 Å². The fourth-order valence-corrected chi connectivity index (χ4v) is 2.82. The van der Waals surface area contributed by atoms with Gasteiger partial charge in [0.15, 0.2) is 5.57 Å². The number of thioether (sulfide) groups is 1. The zero-order valence-electron chi connectivity index (χ0n) is 12.2. The predicted molar refractivity (Wildman–Crippen MR) is 90.8 cm³/mol. The van der Waals surface area contributed by atoms with Gasteiger partial charge in [-0.05, 0) is 24.6 Å². The number of rotatable bonds is 5. The van der Waals surface area contributed by atoms with E-state index in [4.69, 9.17) is 10.5 Å². The summed E-state index contributed by atoms with van der Waals surface area (Å²) in [6.07, 6.45) is 0. The Kier molecular flexibility index (Phi) is 5.65. The number of hydrogen-bond acceptors (Lipinski definition) is 4. The Labute approximate surface area is 134 Å². The molecule has 2 aromatic carbocycles. The summed E-state index contributed by atoms with van der Waals surface area (Å²) in [7, 11) is 0. The van der Waals surface area contributed by atoms with Gasteiger partial charge in [0.1, 0.15) is 17.2 Å². The van der Waals surface area contributed by atoms with Crippen molar-refractivity contribution in [2.24, 2.45) is 0 Å². The average Bonchev–Trinajstić information content (AvgIpc) is 2.54. The third-order valence-electron chi connectivity index (χ3n) is 2.95. The third-order valence-corrected chi connectivity index (χ3v) is 4.02. The number of para-hydroxylation sites is 1. The van der Waals surface area contributed by atoms with Crippen LogP contribution in [0.15, 0.2) is 65.2 Å². The molecule has 0 aliphatic heterocycles. The molecule has 1 N–H and O–H groups in total. The van der Waals surface area contributed by atoms with Crippen LogP contribution in [0.5, 0.6) is 0 Å². The zero-order chi connectivity index (χ0) is 15.8. The van der Waals surface area contributed by atoms with Crippen molar-refractivity contribution >= 4 is 17.4 Å². The van der Waals surface area contributed by atoms with Crippen molar-refractivity contribution < 1.29 is 0 Å². The van der Waals surface area contributed by atoms with Gasteiger partial charge in [0.05, 0.1) is 0 Å². The van der Waals surface area contributed by atoms with E-state index in [0.29, 0.717) is 10.8 Å². The number of nitriles is 2. The third kappa shape index (κ3) is 4.41. The summed E-state index contributed by atoms with van der Waals surface area (Å²) < 4.78 is 0. The van der Waals surface area contributed by atoms with Crippen molar-refractivity contribution in [2.75, 3.05) is 5.32 Å². The highest BCUT2D eigenvalue weighted by atomic mass is 32.2. The van der Waals surface area contributed by atoms with Gasteiger partial charge < -0.3 is 5.32 Å². The maximum atomic E-state index is 9.13. The molecule has 0 saturated heterocycles. The Morgan fingerprint density at radius 1 is 1.05 bits per heavy atom. The molecule has 2 rings (SSSR count). The Hall–Kier alpha value is -2.69. The van der Waals surface area contributed by atoms with E-state index in [0.717, 1.165) is 11.3 Å². The van der Waals surface area contributed by atoms with Crippen molar-refractivity contribution in [1.29, 1.82) is 10.5 Å². The Morgan fingerprint density at radius 2 is 1.77 bits per heavy atom. The van der Waals surface area contributed by atoms with Crippen LogP contribution in [0.1, 0.15) is 11.1 Å². The van der Waals surface area contributed by atoms with Crippen molar-refractivity contribution in [3.63, 3.8) is 0 Å². The molecule has 0 amide bonds. The molecule has 0 atom stereocenters. The van der Waals surface area contributed by atoms with Crippen LogP contribution in [0.4, 0.5) is 5.69 Å². The molecule has 22 heavy (non-hydrogen) atoms. The van der Waals surface area contributed by atoms with Gasteiger partial charge in [0, 0.05) is 11.4 Å². The van der Waals surface area contributed by atoms with E-state index < -0.39 is 0 Å². The molecule has 0 aliphatic carbocycles. The van der Waals surface area contributed by atoms with Gasteiger partial charge in [-0.15, -0.1) is 11.8 Å². The number of allylic oxidation sites excluding steroid dienone is 1. The summed E-state index contributed by atoms with van der Waals surface area (Å²) in [4.78, 5) is 0. The summed E-state index contributed by atoms with van der Waals surface area (Å²) in [6.45, 7) is 2.04. The van der Waals surface area contributed by atoms with E-state index >= 15 is 0 Å². The number of nitrogens with zero attached hydrogens (tertiary/aromatic N) is 2. The lowest BCUT2D eigenvalue weighted by atomic mass is 10.2. The quantitative estimate of drug-likeness (QED) is 0.820. The van der Waals surface area contributed by atoms with Crippen LogP contribution in [-0.4, -0.2) is 0 Å².